The molecule has 1 aliphatic rings. The van der Waals surface area contributed by atoms with Crippen LogP contribution in [0.15, 0.2) is 35.7 Å². The summed E-state index contributed by atoms with van der Waals surface area (Å²) in [6.07, 6.45) is 0.739. The van der Waals surface area contributed by atoms with Crippen LogP contribution in [-0.4, -0.2) is 51.3 Å². The van der Waals surface area contributed by atoms with Crippen molar-refractivity contribution in [2.45, 2.75) is 6.42 Å². The van der Waals surface area contributed by atoms with E-state index in [1.807, 2.05) is 29.6 Å². The lowest BCUT2D eigenvalue weighted by Crippen LogP contribution is -2.42. The number of rotatable bonds is 7. The zero-order valence-electron chi connectivity index (χ0n) is 15.4. The fourth-order valence-corrected chi connectivity index (χ4v) is 3.76. The van der Waals surface area contributed by atoms with Gasteiger partial charge in [0.05, 0.1) is 31.1 Å². The number of urea groups is 1. The SMILES string of the molecule is O=C(CNc1cc(Cl)ccc1N1CCOCC1)NC(=O)NCCc1cccs1. The van der Waals surface area contributed by atoms with Gasteiger partial charge in [0.1, 0.15) is 0 Å². The second kappa shape index (κ2) is 10.3. The number of halogens is 1. The summed E-state index contributed by atoms with van der Waals surface area (Å²) in [6, 6.07) is 9.00. The molecule has 2 heterocycles. The number of hydrogen-bond donors (Lipinski definition) is 3. The number of morpholine rings is 1. The highest BCUT2D eigenvalue weighted by atomic mass is 35.5. The number of amides is 3. The lowest BCUT2D eigenvalue weighted by Gasteiger charge is -2.30. The first-order valence-corrected chi connectivity index (χ1v) is 10.3. The lowest BCUT2D eigenvalue weighted by atomic mass is 10.2. The minimum Gasteiger partial charge on any atom is -0.378 e. The number of ether oxygens (including phenoxy) is 1. The molecular weight excluding hydrogens is 400 g/mol. The average Bonchev–Trinajstić information content (AvgIpc) is 3.20. The largest absolute Gasteiger partial charge is 0.378 e. The maximum Gasteiger partial charge on any atom is 0.321 e. The van der Waals surface area contributed by atoms with Crippen molar-refractivity contribution >= 4 is 46.3 Å². The van der Waals surface area contributed by atoms with Crippen LogP contribution in [0.2, 0.25) is 5.02 Å². The van der Waals surface area contributed by atoms with E-state index in [9.17, 15) is 9.59 Å². The minimum absolute atomic E-state index is 0.0317. The fraction of sp³-hybridized carbons (Fsp3) is 0.368. The summed E-state index contributed by atoms with van der Waals surface area (Å²) in [6.45, 7) is 3.31. The molecule has 0 unspecified atom stereocenters. The molecule has 1 aromatic heterocycles. The molecular formula is C19H23ClN4O3S. The summed E-state index contributed by atoms with van der Waals surface area (Å²) in [5.74, 6) is -0.415. The van der Waals surface area contributed by atoms with Crippen LogP contribution < -0.4 is 20.9 Å². The van der Waals surface area contributed by atoms with Gasteiger partial charge >= 0.3 is 6.03 Å². The summed E-state index contributed by atoms with van der Waals surface area (Å²) >= 11 is 7.74. The number of benzene rings is 1. The van der Waals surface area contributed by atoms with Gasteiger partial charge in [0.25, 0.3) is 0 Å². The van der Waals surface area contributed by atoms with Crippen molar-refractivity contribution in [3.05, 3.63) is 45.6 Å². The summed E-state index contributed by atoms with van der Waals surface area (Å²) in [5, 5.41) is 10.7. The molecule has 0 saturated carbocycles. The third kappa shape index (κ3) is 6.12. The summed E-state index contributed by atoms with van der Waals surface area (Å²) in [7, 11) is 0. The number of thiophene rings is 1. The first-order valence-electron chi connectivity index (χ1n) is 9.08. The lowest BCUT2D eigenvalue weighted by molar-refractivity contribution is -0.118. The molecule has 28 heavy (non-hydrogen) atoms. The summed E-state index contributed by atoms with van der Waals surface area (Å²) < 4.78 is 5.39. The van der Waals surface area contributed by atoms with Crippen LogP contribution in [0, 0.1) is 0 Å². The molecule has 0 bridgehead atoms. The number of carbonyl (C=O) groups is 2. The fourth-order valence-electron chi connectivity index (χ4n) is 2.87. The normalized spacial score (nSPS) is 13.8. The van der Waals surface area contributed by atoms with Gasteiger partial charge in [-0.3, -0.25) is 10.1 Å². The number of hydrogen-bond acceptors (Lipinski definition) is 6. The van der Waals surface area contributed by atoms with E-state index in [0.29, 0.717) is 24.8 Å². The van der Waals surface area contributed by atoms with E-state index in [-0.39, 0.29) is 6.54 Å². The Morgan fingerprint density at radius 1 is 1.21 bits per heavy atom. The predicted molar refractivity (Wildman–Crippen MR) is 113 cm³/mol. The highest BCUT2D eigenvalue weighted by Gasteiger charge is 2.16. The van der Waals surface area contributed by atoms with Gasteiger partial charge in [-0.1, -0.05) is 17.7 Å². The van der Waals surface area contributed by atoms with Crippen molar-refractivity contribution in [3.8, 4) is 0 Å². The zero-order chi connectivity index (χ0) is 19.8. The van der Waals surface area contributed by atoms with Gasteiger partial charge in [-0.25, -0.2) is 4.79 Å². The smallest absolute Gasteiger partial charge is 0.321 e. The molecule has 3 N–H and O–H groups in total. The zero-order valence-corrected chi connectivity index (χ0v) is 16.9. The summed E-state index contributed by atoms with van der Waals surface area (Å²) in [4.78, 5) is 27.3. The molecule has 7 nitrogen and oxygen atoms in total. The van der Waals surface area contributed by atoms with Crippen molar-refractivity contribution in [2.24, 2.45) is 0 Å². The molecule has 1 aliphatic heterocycles. The highest BCUT2D eigenvalue weighted by Crippen LogP contribution is 2.29. The maximum absolute atomic E-state index is 12.1. The van der Waals surface area contributed by atoms with Gasteiger partial charge in [-0.2, -0.15) is 0 Å². The number of nitrogens with one attached hydrogen (secondary N) is 3. The Morgan fingerprint density at radius 2 is 2.04 bits per heavy atom. The van der Waals surface area contributed by atoms with E-state index >= 15 is 0 Å². The van der Waals surface area contributed by atoms with Crippen LogP contribution in [0.5, 0.6) is 0 Å². The average molecular weight is 423 g/mol. The van der Waals surface area contributed by atoms with Gasteiger partial charge in [0.2, 0.25) is 5.91 Å². The van der Waals surface area contributed by atoms with Crippen molar-refractivity contribution in [2.75, 3.05) is 49.6 Å². The molecule has 0 radical (unpaired) electrons. The Hall–Kier alpha value is -2.29. The molecule has 150 valence electrons. The van der Waals surface area contributed by atoms with Crippen LogP contribution in [0.1, 0.15) is 4.88 Å². The Kier molecular flexibility index (Phi) is 7.53. The molecule has 1 saturated heterocycles. The van der Waals surface area contributed by atoms with Crippen molar-refractivity contribution in [1.82, 2.24) is 10.6 Å². The van der Waals surface area contributed by atoms with Crippen LogP contribution in [-0.2, 0) is 16.0 Å². The van der Waals surface area contributed by atoms with Crippen molar-refractivity contribution in [3.63, 3.8) is 0 Å². The monoisotopic (exact) mass is 422 g/mol. The van der Waals surface area contributed by atoms with Crippen molar-refractivity contribution < 1.29 is 14.3 Å². The third-order valence-electron chi connectivity index (χ3n) is 4.24. The molecule has 0 aliphatic carbocycles. The third-order valence-corrected chi connectivity index (χ3v) is 5.41. The van der Waals surface area contributed by atoms with Gasteiger partial charge in [0.15, 0.2) is 0 Å². The van der Waals surface area contributed by atoms with E-state index < -0.39 is 11.9 Å². The Bertz CT molecular complexity index is 794. The number of carbonyl (C=O) groups excluding carboxylic acids is 2. The minimum atomic E-state index is -0.497. The van der Waals surface area contributed by atoms with Crippen LogP contribution in [0.3, 0.4) is 0 Å². The molecule has 9 heteroatoms. The topological polar surface area (TPSA) is 82.7 Å². The van der Waals surface area contributed by atoms with Gasteiger partial charge in [0, 0.05) is 29.5 Å². The summed E-state index contributed by atoms with van der Waals surface area (Å²) in [5.41, 5.74) is 1.71. The number of nitrogens with zero attached hydrogens (tertiary/aromatic N) is 1. The van der Waals surface area contributed by atoms with E-state index in [0.717, 1.165) is 30.9 Å². The molecule has 2 aromatic rings. The Balaban J connectivity index is 1.47. The van der Waals surface area contributed by atoms with Gasteiger partial charge in [-0.05, 0) is 36.1 Å². The van der Waals surface area contributed by atoms with Crippen LogP contribution in [0.25, 0.3) is 0 Å². The second-order valence-corrected chi connectivity index (χ2v) is 7.72. The quantitative estimate of drug-likeness (QED) is 0.639. The van der Waals surface area contributed by atoms with Gasteiger partial charge in [-0.15, -0.1) is 11.3 Å². The van der Waals surface area contributed by atoms with Crippen molar-refractivity contribution in [1.29, 1.82) is 0 Å². The molecule has 0 spiro atoms. The Labute approximate surface area is 173 Å². The standard InChI is InChI=1S/C19H23ClN4O3S/c20-14-3-4-17(24-7-9-27-10-8-24)16(12-14)22-13-18(25)23-19(26)21-6-5-15-2-1-11-28-15/h1-4,11-12,22H,5-10,13H2,(H2,21,23,25,26). The predicted octanol–water partition coefficient (Wildman–Crippen LogP) is 2.72. The van der Waals surface area contributed by atoms with E-state index in [1.54, 1.807) is 17.4 Å². The van der Waals surface area contributed by atoms with E-state index in [1.165, 1.54) is 4.88 Å². The molecule has 3 amide bonds. The van der Waals surface area contributed by atoms with E-state index in [2.05, 4.69) is 20.9 Å². The number of imide groups is 1. The molecule has 3 rings (SSSR count). The molecule has 1 aromatic carbocycles. The van der Waals surface area contributed by atoms with Gasteiger partial charge < -0.3 is 20.3 Å². The highest BCUT2D eigenvalue weighted by molar-refractivity contribution is 7.09. The first kappa shape index (κ1) is 20.4. The maximum atomic E-state index is 12.1. The Morgan fingerprint density at radius 3 is 2.79 bits per heavy atom. The van der Waals surface area contributed by atoms with Crippen LogP contribution in [0.4, 0.5) is 16.2 Å². The number of anilines is 2. The second-order valence-electron chi connectivity index (χ2n) is 6.25. The van der Waals surface area contributed by atoms with E-state index in [4.69, 9.17) is 16.3 Å². The van der Waals surface area contributed by atoms with Crippen LogP contribution >= 0.6 is 22.9 Å². The first-order chi connectivity index (χ1) is 13.6. The molecule has 1 fully saturated rings. The molecule has 0 atom stereocenters.